The Morgan fingerprint density at radius 1 is 0.952 bits per heavy atom. The summed E-state index contributed by atoms with van der Waals surface area (Å²) >= 11 is 0. The Morgan fingerprint density at radius 3 is 2.43 bits per heavy atom. The molecule has 0 saturated heterocycles. The molecule has 2 heterocycles. The molecular formula is C16H16N2O3. The number of ether oxygens (including phenoxy) is 3. The molecule has 0 aliphatic heterocycles. The lowest BCUT2D eigenvalue weighted by Crippen LogP contribution is -2.08. The summed E-state index contributed by atoms with van der Waals surface area (Å²) in [4.78, 5) is 8.95. The number of hydrogen-bond donors (Lipinski definition) is 0. The van der Waals surface area contributed by atoms with Crippen LogP contribution in [0, 0.1) is 0 Å². The van der Waals surface area contributed by atoms with Crippen LogP contribution in [0.1, 0.15) is 12.0 Å². The smallest absolute Gasteiger partial charge is 0.223 e. The first-order valence-corrected chi connectivity index (χ1v) is 6.57. The summed E-state index contributed by atoms with van der Waals surface area (Å²) in [6, 6.07) is 9.89. The molecule has 0 atom stereocenters. The molecule has 5 heteroatoms. The third kappa shape index (κ3) is 2.20. The molecule has 3 rings (SSSR count). The van der Waals surface area contributed by atoms with Gasteiger partial charge in [-0.05, 0) is 12.1 Å². The van der Waals surface area contributed by atoms with E-state index in [-0.39, 0.29) is 0 Å². The van der Waals surface area contributed by atoms with Crippen molar-refractivity contribution in [3.63, 3.8) is 0 Å². The summed E-state index contributed by atoms with van der Waals surface area (Å²) in [6.45, 7) is 0. The first-order valence-electron chi connectivity index (χ1n) is 6.57. The van der Waals surface area contributed by atoms with Gasteiger partial charge >= 0.3 is 0 Å². The van der Waals surface area contributed by atoms with E-state index in [9.17, 15) is 0 Å². The van der Waals surface area contributed by atoms with Gasteiger partial charge in [0.2, 0.25) is 12.2 Å². The molecule has 5 nitrogen and oxygen atoms in total. The van der Waals surface area contributed by atoms with Crippen molar-refractivity contribution in [2.75, 3.05) is 21.3 Å². The van der Waals surface area contributed by atoms with E-state index in [1.165, 1.54) is 0 Å². The highest BCUT2D eigenvalue weighted by Crippen LogP contribution is 2.35. The van der Waals surface area contributed by atoms with Crippen molar-refractivity contribution < 1.29 is 14.2 Å². The molecule has 0 saturated carbocycles. The van der Waals surface area contributed by atoms with E-state index >= 15 is 0 Å². The van der Waals surface area contributed by atoms with Crippen LogP contribution in [0.25, 0.3) is 21.7 Å². The largest absolute Gasteiger partial charge is 0.480 e. The topological polar surface area (TPSA) is 53.5 Å². The summed E-state index contributed by atoms with van der Waals surface area (Å²) in [5, 5.41) is 2.87. The highest BCUT2D eigenvalue weighted by atomic mass is 16.7. The normalized spacial score (nSPS) is 11.4. The molecule has 108 valence electrons. The lowest BCUT2D eigenvalue weighted by Gasteiger charge is -2.17. The van der Waals surface area contributed by atoms with Gasteiger partial charge in [0.1, 0.15) is 5.69 Å². The van der Waals surface area contributed by atoms with Crippen molar-refractivity contribution in [3.8, 4) is 5.88 Å². The lowest BCUT2D eigenvalue weighted by molar-refractivity contribution is -0.107. The van der Waals surface area contributed by atoms with Gasteiger partial charge in [-0.25, -0.2) is 9.97 Å². The number of benzene rings is 1. The molecule has 0 aliphatic rings. The highest BCUT2D eigenvalue weighted by molar-refractivity contribution is 6.08. The van der Waals surface area contributed by atoms with Crippen LogP contribution in [-0.4, -0.2) is 31.3 Å². The zero-order chi connectivity index (χ0) is 14.8. The minimum absolute atomic E-state index is 0.514. The summed E-state index contributed by atoms with van der Waals surface area (Å²) < 4.78 is 16.1. The SMILES string of the molecule is COc1nccc2c1c(C(OC)OC)nc1ccccc12. The molecule has 21 heavy (non-hydrogen) atoms. The highest BCUT2D eigenvalue weighted by Gasteiger charge is 2.20. The van der Waals surface area contributed by atoms with E-state index in [2.05, 4.69) is 9.97 Å². The second kappa shape index (κ2) is 5.63. The van der Waals surface area contributed by atoms with Gasteiger partial charge in [0, 0.05) is 31.2 Å². The Kier molecular flexibility index (Phi) is 3.68. The molecule has 0 aliphatic carbocycles. The van der Waals surface area contributed by atoms with Gasteiger partial charge in [-0.2, -0.15) is 0 Å². The minimum atomic E-state index is -0.574. The van der Waals surface area contributed by atoms with E-state index in [0.717, 1.165) is 21.7 Å². The third-order valence-corrected chi connectivity index (χ3v) is 3.45. The monoisotopic (exact) mass is 284 g/mol. The maximum absolute atomic E-state index is 5.39. The van der Waals surface area contributed by atoms with Crippen molar-refractivity contribution in [2.24, 2.45) is 0 Å². The predicted octanol–water partition coefficient (Wildman–Crippen LogP) is 3.08. The third-order valence-electron chi connectivity index (χ3n) is 3.45. The Balaban J connectivity index is 2.47. The zero-order valence-corrected chi connectivity index (χ0v) is 12.2. The van der Waals surface area contributed by atoms with E-state index in [1.54, 1.807) is 27.5 Å². The molecule has 0 N–H and O–H groups in total. The average Bonchev–Trinajstić information content (AvgIpc) is 2.55. The summed E-state index contributed by atoms with van der Waals surface area (Å²) in [6.07, 6.45) is 1.15. The number of para-hydroxylation sites is 1. The van der Waals surface area contributed by atoms with E-state index in [0.29, 0.717) is 11.6 Å². The van der Waals surface area contributed by atoms with Crippen molar-refractivity contribution in [3.05, 3.63) is 42.2 Å². The standard InChI is InChI=1S/C16H16N2O3/c1-19-15-13-11(8-9-17-15)10-6-4-5-7-12(10)18-14(13)16(20-2)21-3/h4-9,16H,1-3H3. The fraction of sp³-hybridized carbons (Fsp3) is 0.250. The second-order valence-electron chi connectivity index (χ2n) is 4.56. The number of methoxy groups -OCH3 is 3. The van der Waals surface area contributed by atoms with Gasteiger partial charge in [0.15, 0.2) is 0 Å². The summed E-state index contributed by atoms with van der Waals surface area (Å²) in [7, 11) is 4.76. The van der Waals surface area contributed by atoms with E-state index in [4.69, 9.17) is 14.2 Å². The quantitative estimate of drug-likeness (QED) is 0.544. The van der Waals surface area contributed by atoms with Gasteiger partial charge in [-0.1, -0.05) is 18.2 Å². The van der Waals surface area contributed by atoms with Gasteiger partial charge in [-0.3, -0.25) is 0 Å². The Morgan fingerprint density at radius 2 is 1.71 bits per heavy atom. The predicted molar refractivity (Wildman–Crippen MR) is 80.4 cm³/mol. The van der Waals surface area contributed by atoms with Gasteiger partial charge in [-0.15, -0.1) is 0 Å². The molecule has 3 aromatic rings. The Labute approximate surface area is 122 Å². The Hall–Kier alpha value is -2.24. The molecule has 0 bridgehead atoms. The summed E-state index contributed by atoms with van der Waals surface area (Å²) in [5.41, 5.74) is 1.55. The maximum atomic E-state index is 5.39. The average molecular weight is 284 g/mol. The van der Waals surface area contributed by atoms with Crippen LogP contribution < -0.4 is 4.74 Å². The van der Waals surface area contributed by atoms with Crippen LogP contribution in [0.15, 0.2) is 36.5 Å². The van der Waals surface area contributed by atoms with Gasteiger partial charge in [0.25, 0.3) is 0 Å². The fourth-order valence-electron chi connectivity index (χ4n) is 2.54. The zero-order valence-electron chi connectivity index (χ0n) is 12.2. The van der Waals surface area contributed by atoms with Crippen LogP contribution in [0.4, 0.5) is 0 Å². The van der Waals surface area contributed by atoms with E-state index in [1.807, 2.05) is 30.3 Å². The molecule has 1 aromatic carbocycles. The van der Waals surface area contributed by atoms with Crippen LogP contribution in [-0.2, 0) is 9.47 Å². The second-order valence-corrected chi connectivity index (χ2v) is 4.56. The van der Waals surface area contributed by atoms with Gasteiger partial charge in [0.05, 0.1) is 18.0 Å². The molecule has 0 unspecified atom stereocenters. The van der Waals surface area contributed by atoms with Crippen molar-refractivity contribution in [1.82, 2.24) is 9.97 Å². The number of pyridine rings is 2. The first-order chi connectivity index (χ1) is 10.3. The van der Waals surface area contributed by atoms with E-state index < -0.39 is 6.29 Å². The molecule has 0 radical (unpaired) electrons. The van der Waals surface area contributed by atoms with Gasteiger partial charge < -0.3 is 14.2 Å². The maximum Gasteiger partial charge on any atom is 0.223 e. The number of hydrogen-bond acceptors (Lipinski definition) is 5. The molecule has 0 amide bonds. The fourth-order valence-corrected chi connectivity index (χ4v) is 2.54. The number of nitrogens with zero attached hydrogens (tertiary/aromatic N) is 2. The molecule has 0 fully saturated rings. The molecule has 0 spiro atoms. The first kappa shape index (κ1) is 13.7. The number of fused-ring (bicyclic) bond motifs is 3. The Bertz CT molecular complexity index is 785. The minimum Gasteiger partial charge on any atom is -0.480 e. The summed E-state index contributed by atoms with van der Waals surface area (Å²) in [5.74, 6) is 0.514. The van der Waals surface area contributed by atoms with Crippen LogP contribution >= 0.6 is 0 Å². The van der Waals surface area contributed by atoms with Crippen molar-refractivity contribution in [2.45, 2.75) is 6.29 Å². The number of rotatable bonds is 4. The molecular weight excluding hydrogens is 268 g/mol. The van der Waals surface area contributed by atoms with Crippen molar-refractivity contribution in [1.29, 1.82) is 0 Å². The number of aromatic nitrogens is 2. The van der Waals surface area contributed by atoms with Crippen molar-refractivity contribution >= 4 is 21.7 Å². The van der Waals surface area contributed by atoms with Crippen LogP contribution in [0.5, 0.6) is 5.88 Å². The van der Waals surface area contributed by atoms with Crippen LogP contribution in [0.2, 0.25) is 0 Å². The van der Waals surface area contributed by atoms with Crippen LogP contribution in [0.3, 0.4) is 0 Å². The molecule has 2 aromatic heterocycles. The lowest BCUT2D eigenvalue weighted by atomic mass is 10.1.